The van der Waals surface area contributed by atoms with E-state index >= 15 is 0 Å². The first-order valence-corrected chi connectivity index (χ1v) is 10.7. The summed E-state index contributed by atoms with van der Waals surface area (Å²) < 4.78 is 18.9. The van der Waals surface area contributed by atoms with Gasteiger partial charge in [-0.15, -0.1) is 0 Å². The SMILES string of the molecule is CC(C)(C)OC(=O)N[C@@H](CO)Cc1ccccc1.CC(C)(C)OC(=O)OC(=O)OC(C)(C)C. The van der Waals surface area contributed by atoms with Gasteiger partial charge in [-0.2, -0.15) is 0 Å². The Morgan fingerprint density at radius 1 is 0.788 bits per heavy atom. The molecular weight excluding hydrogens is 430 g/mol. The minimum atomic E-state index is -1.06. The van der Waals surface area contributed by atoms with Crippen LogP contribution in [0.15, 0.2) is 30.3 Å². The number of alkyl carbamates (subject to hydrolysis) is 1. The van der Waals surface area contributed by atoms with Crippen LogP contribution in [0.2, 0.25) is 0 Å². The zero-order valence-electron chi connectivity index (χ0n) is 21.2. The second-order valence-corrected chi connectivity index (χ2v) is 10.2. The van der Waals surface area contributed by atoms with Crippen molar-refractivity contribution >= 4 is 18.4 Å². The Labute approximate surface area is 196 Å². The summed E-state index contributed by atoms with van der Waals surface area (Å²) in [6, 6.07) is 9.37. The van der Waals surface area contributed by atoms with Crippen molar-refractivity contribution in [3.63, 3.8) is 0 Å². The van der Waals surface area contributed by atoms with Crippen LogP contribution < -0.4 is 5.32 Å². The maximum absolute atomic E-state index is 11.6. The molecule has 1 aromatic rings. The number of benzene rings is 1. The summed E-state index contributed by atoms with van der Waals surface area (Å²) in [5.41, 5.74) is -0.859. The third-order valence-electron chi connectivity index (χ3n) is 3.21. The normalized spacial score (nSPS) is 12.4. The lowest BCUT2D eigenvalue weighted by Gasteiger charge is -2.22. The highest BCUT2D eigenvalue weighted by atomic mass is 16.8. The first-order valence-electron chi connectivity index (χ1n) is 10.7. The molecule has 0 radical (unpaired) electrons. The standard InChI is InChI=1S/C14H21NO3.C10H18O5/c1-14(2,3)18-13(17)15-12(10-16)9-11-7-5-4-6-8-11;1-9(2,3)14-7(11)13-8(12)15-10(4,5)6/h4-8,12,16H,9-10H2,1-3H3,(H,15,17);1-6H3/t12-;/m1./s1. The molecule has 9 heteroatoms. The largest absolute Gasteiger partial charge is 0.519 e. The van der Waals surface area contributed by atoms with Crippen LogP contribution in [0, 0.1) is 0 Å². The average molecular weight is 470 g/mol. The topological polar surface area (TPSA) is 120 Å². The van der Waals surface area contributed by atoms with Gasteiger partial charge >= 0.3 is 18.4 Å². The number of aliphatic hydroxyl groups is 1. The molecule has 0 aliphatic carbocycles. The van der Waals surface area contributed by atoms with Crippen LogP contribution in [-0.2, 0) is 25.4 Å². The number of rotatable bonds is 4. The molecule has 0 heterocycles. The lowest BCUT2D eigenvalue weighted by molar-refractivity contribution is -0.0294. The predicted molar refractivity (Wildman–Crippen MR) is 124 cm³/mol. The molecule has 0 aromatic heterocycles. The fourth-order valence-corrected chi connectivity index (χ4v) is 2.14. The van der Waals surface area contributed by atoms with Crippen molar-refractivity contribution in [2.24, 2.45) is 0 Å². The first kappa shape index (κ1) is 30.2. The van der Waals surface area contributed by atoms with Crippen molar-refractivity contribution in [2.75, 3.05) is 6.61 Å². The van der Waals surface area contributed by atoms with Crippen LogP contribution in [0.5, 0.6) is 0 Å². The van der Waals surface area contributed by atoms with E-state index in [-0.39, 0.29) is 12.6 Å². The number of carbonyl (C=O) groups is 3. The minimum Gasteiger partial charge on any atom is -0.444 e. The molecule has 0 unspecified atom stereocenters. The van der Waals surface area contributed by atoms with E-state index in [9.17, 15) is 19.5 Å². The fourth-order valence-electron chi connectivity index (χ4n) is 2.14. The molecule has 188 valence electrons. The molecule has 0 fully saturated rings. The molecule has 1 rings (SSSR count). The summed E-state index contributed by atoms with van der Waals surface area (Å²) in [6.45, 7) is 15.3. The van der Waals surface area contributed by atoms with Crippen LogP contribution in [0.3, 0.4) is 0 Å². The molecule has 1 aromatic carbocycles. The maximum atomic E-state index is 11.6. The van der Waals surface area contributed by atoms with E-state index < -0.39 is 35.2 Å². The highest BCUT2D eigenvalue weighted by Gasteiger charge is 2.24. The summed E-state index contributed by atoms with van der Waals surface area (Å²) in [5.74, 6) is 0. The molecule has 1 atom stereocenters. The monoisotopic (exact) mass is 469 g/mol. The highest BCUT2D eigenvalue weighted by molar-refractivity contribution is 5.77. The van der Waals surface area contributed by atoms with Crippen molar-refractivity contribution in [3.8, 4) is 0 Å². The van der Waals surface area contributed by atoms with Gasteiger partial charge in [0.15, 0.2) is 0 Å². The lowest BCUT2D eigenvalue weighted by Crippen LogP contribution is -2.42. The number of nitrogens with one attached hydrogen (secondary N) is 1. The van der Waals surface area contributed by atoms with Gasteiger partial charge in [0.05, 0.1) is 12.6 Å². The maximum Gasteiger partial charge on any atom is 0.519 e. The van der Waals surface area contributed by atoms with Crippen molar-refractivity contribution in [3.05, 3.63) is 35.9 Å². The fraction of sp³-hybridized carbons (Fsp3) is 0.625. The van der Waals surface area contributed by atoms with Crippen LogP contribution in [-0.4, -0.2) is 53.0 Å². The van der Waals surface area contributed by atoms with Crippen LogP contribution in [0.1, 0.15) is 67.9 Å². The van der Waals surface area contributed by atoms with Crippen LogP contribution in [0.25, 0.3) is 0 Å². The Kier molecular flexibility index (Phi) is 11.9. The number of carbonyl (C=O) groups excluding carboxylic acids is 3. The molecule has 33 heavy (non-hydrogen) atoms. The van der Waals surface area contributed by atoms with Crippen molar-refractivity contribution in [1.82, 2.24) is 5.32 Å². The van der Waals surface area contributed by atoms with E-state index in [4.69, 9.17) is 14.2 Å². The average Bonchev–Trinajstić information content (AvgIpc) is 2.57. The van der Waals surface area contributed by atoms with Gasteiger partial charge in [0, 0.05) is 0 Å². The molecule has 9 nitrogen and oxygen atoms in total. The van der Waals surface area contributed by atoms with Crippen molar-refractivity contribution < 1.29 is 38.4 Å². The first-order chi connectivity index (χ1) is 14.9. The minimum absolute atomic E-state index is 0.117. The van der Waals surface area contributed by atoms with Gasteiger partial charge in [-0.1, -0.05) is 30.3 Å². The Bertz CT molecular complexity index is 716. The van der Waals surface area contributed by atoms with Crippen LogP contribution in [0.4, 0.5) is 14.4 Å². The Hall–Kier alpha value is -2.81. The van der Waals surface area contributed by atoms with Gasteiger partial charge in [0.2, 0.25) is 0 Å². The summed E-state index contributed by atoms with van der Waals surface area (Å²) >= 11 is 0. The zero-order chi connectivity index (χ0) is 25.9. The number of amides is 1. The predicted octanol–water partition coefficient (Wildman–Crippen LogP) is 4.99. The van der Waals surface area contributed by atoms with E-state index in [0.29, 0.717) is 6.42 Å². The number of hydrogen-bond donors (Lipinski definition) is 2. The molecule has 0 saturated carbocycles. The molecule has 1 amide bonds. The second-order valence-electron chi connectivity index (χ2n) is 10.2. The molecule has 0 bridgehead atoms. The molecule has 0 aliphatic heterocycles. The second kappa shape index (κ2) is 13.0. The molecule has 0 aliphatic rings. The summed E-state index contributed by atoms with van der Waals surface area (Å²) in [4.78, 5) is 33.6. The van der Waals surface area contributed by atoms with E-state index in [1.165, 1.54) is 0 Å². The number of hydrogen-bond acceptors (Lipinski definition) is 8. The third kappa shape index (κ3) is 18.5. The van der Waals surface area contributed by atoms with Crippen molar-refractivity contribution in [1.29, 1.82) is 0 Å². The van der Waals surface area contributed by atoms with E-state index in [1.54, 1.807) is 62.3 Å². The Balaban J connectivity index is 0.000000633. The third-order valence-corrected chi connectivity index (χ3v) is 3.21. The quantitative estimate of drug-likeness (QED) is 0.359. The van der Waals surface area contributed by atoms with Gasteiger partial charge in [-0.3, -0.25) is 0 Å². The van der Waals surface area contributed by atoms with Crippen LogP contribution >= 0.6 is 0 Å². The summed E-state index contributed by atoms with van der Waals surface area (Å²) in [5, 5.41) is 11.9. The Morgan fingerprint density at radius 2 is 1.21 bits per heavy atom. The number of ether oxygens (including phenoxy) is 4. The zero-order valence-corrected chi connectivity index (χ0v) is 21.2. The Morgan fingerprint density at radius 3 is 1.58 bits per heavy atom. The van der Waals surface area contributed by atoms with E-state index in [0.717, 1.165) is 5.56 Å². The smallest absolute Gasteiger partial charge is 0.444 e. The summed E-state index contributed by atoms with van der Waals surface area (Å²) in [6.07, 6.45) is -2.04. The van der Waals surface area contributed by atoms with Gasteiger partial charge in [0.1, 0.15) is 16.8 Å². The highest BCUT2D eigenvalue weighted by Crippen LogP contribution is 2.12. The molecule has 2 N–H and O–H groups in total. The van der Waals surface area contributed by atoms with Gasteiger partial charge < -0.3 is 29.4 Å². The van der Waals surface area contributed by atoms with E-state index in [1.807, 2.05) is 30.3 Å². The van der Waals surface area contributed by atoms with Crippen molar-refractivity contribution in [2.45, 2.75) is 91.6 Å². The molecule has 0 spiro atoms. The summed E-state index contributed by atoms with van der Waals surface area (Å²) in [7, 11) is 0. The van der Waals surface area contributed by atoms with Gasteiger partial charge in [-0.25, -0.2) is 14.4 Å². The van der Waals surface area contributed by atoms with Gasteiger partial charge in [-0.05, 0) is 74.3 Å². The molecular formula is C24H39NO8. The lowest BCUT2D eigenvalue weighted by atomic mass is 10.1. The number of aliphatic hydroxyl groups excluding tert-OH is 1. The van der Waals surface area contributed by atoms with Gasteiger partial charge in [0.25, 0.3) is 0 Å². The van der Waals surface area contributed by atoms with E-state index in [2.05, 4.69) is 10.1 Å². The molecule has 0 saturated heterocycles.